The van der Waals surface area contributed by atoms with Gasteiger partial charge in [-0.05, 0) is 25.7 Å². The standard InChI is InChI=1S/C11H16F6O3/c12-10(13,14)9(11(15,16)17)20-8-4-1-2-5-18-6-3-7-19-8/h8-9H,1-7H2. The molecule has 1 aliphatic rings. The van der Waals surface area contributed by atoms with Crippen LogP contribution < -0.4 is 0 Å². The van der Waals surface area contributed by atoms with E-state index < -0.39 is 24.7 Å². The zero-order chi connectivity index (χ0) is 15.2. The summed E-state index contributed by atoms with van der Waals surface area (Å²) < 4.78 is 88.5. The molecule has 9 heteroatoms. The van der Waals surface area contributed by atoms with Crippen LogP contribution in [0.1, 0.15) is 25.7 Å². The van der Waals surface area contributed by atoms with Gasteiger partial charge in [0.2, 0.25) is 0 Å². The third-order valence-electron chi connectivity index (χ3n) is 2.60. The third-order valence-corrected chi connectivity index (χ3v) is 2.60. The molecule has 1 rings (SSSR count). The van der Waals surface area contributed by atoms with E-state index in [9.17, 15) is 26.3 Å². The Morgan fingerprint density at radius 1 is 0.850 bits per heavy atom. The van der Waals surface area contributed by atoms with Gasteiger partial charge in [0.05, 0.1) is 6.61 Å². The fourth-order valence-electron chi connectivity index (χ4n) is 1.68. The average molecular weight is 310 g/mol. The molecule has 0 aromatic carbocycles. The molecule has 1 unspecified atom stereocenters. The first-order valence-corrected chi connectivity index (χ1v) is 6.19. The Bertz CT molecular complexity index is 254. The highest BCUT2D eigenvalue weighted by Crippen LogP contribution is 2.37. The van der Waals surface area contributed by atoms with Gasteiger partial charge in [0, 0.05) is 13.2 Å². The first-order chi connectivity index (χ1) is 9.21. The lowest BCUT2D eigenvalue weighted by molar-refractivity contribution is -0.354. The van der Waals surface area contributed by atoms with Gasteiger partial charge in [0.15, 0.2) is 6.29 Å². The second kappa shape index (κ2) is 7.46. The normalized spacial score (nSPS) is 23.9. The van der Waals surface area contributed by atoms with Gasteiger partial charge >= 0.3 is 12.4 Å². The predicted molar refractivity (Wildman–Crippen MR) is 56.0 cm³/mol. The van der Waals surface area contributed by atoms with Crippen LogP contribution in [0.4, 0.5) is 26.3 Å². The molecule has 0 radical (unpaired) electrons. The molecular weight excluding hydrogens is 294 g/mol. The highest BCUT2D eigenvalue weighted by atomic mass is 19.4. The number of hydrogen-bond donors (Lipinski definition) is 0. The van der Waals surface area contributed by atoms with Crippen LogP contribution in [0.2, 0.25) is 0 Å². The SMILES string of the molecule is FC(F)(F)C(OC1CCCCOCCCO1)C(F)(F)F. The van der Waals surface area contributed by atoms with Crippen LogP contribution in [-0.2, 0) is 14.2 Å². The summed E-state index contributed by atoms with van der Waals surface area (Å²) in [4.78, 5) is 0. The third kappa shape index (κ3) is 6.27. The fraction of sp³-hybridized carbons (Fsp3) is 1.00. The second-order valence-electron chi connectivity index (χ2n) is 4.36. The Kier molecular flexibility index (Phi) is 6.53. The molecule has 0 bridgehead atoms. The van der Waals surface area contributed by atoms with Crippen molar-refractivity contribution in [1.29, 1.82) is 0 Å². The van der Waals surface area contributed by atoms with Crippen molar-refractivity contribution in [3.63, 3.8) is 0 Å². The summed E-state index contributed by atoms with van der Waals surface area (Å²) in [7, 11) is 0. The van der Waals surface area contributed by atoms with Crippen molar-refractivity contribution >= 4 is 0 Å². The highest BCUT2D eigenvalue weighted by molar-refractivity contribution is 4.76. The van der Waals surface area contributed by atoms with Crippen LogP contribution in [0, 0.1) is 0 Å². The van der Waals surface area contributed by atoms with E-state index in [2.05, 4.69) is 4.74 Å². The van der Waals surface area contributed by atoms with Gasteiger partial charge in [0.25, 0.3) is 6.10 Å². The molecule has 0 aliphatic carbocycles. The first-order valence-electron chi connectivity index (χ1n) is 6.19. The van der Waals surface area contributed by atoms with Crippen LogP contribution in [0.3, 0.4) is 0 Å². The molecule has 0 saturated carbocycles. The summed E-state index contributed by atoms with van der Waals surface area (Å²) in [6, 6.07) is 0. The number of ether oxygens (including phenoxy) is 3. The van der Waals surface area contributed by atoms with E-state index in [4.69, 9.17) is 9.47 Å². The number of halogens is 6. The molecule has 1 aliphatic heterocycles. The second-order valence-corrected chi connectivity index (χ2v) is 4.36. The number of rotatable bonds is 2. The van der Waals surface area contributed by atoms with Crippen LogP contribution in [0.25, 0.3) is 0 Å². The molecule has 1 saturated heterocycles. The van der Waals surface area contributed by atoms with E-state index >= 15 is 0 Å². The molecule has 0 amide bonds. The molecule has 20 heavy (non-hydrogen) atoms. The highest BCUT2D eigenvalue weighted by Gasteiger charge is 2.58. The minimum Gasteiger partial charge on any atom is -0.381 e. The van der Waals surface area contributed by atoms with Crippen molar-refractivity contribution < 1.29 is 40.6 Å². The van der Waals surface area contributed by atoms with Crippen molar-refractivity contribution in [2.24, 2.45) is 0 Å². The maximum Gasteiger partial charge on any atom is 0.423 e. The van der Waals surface area contributed by atoms with Crippen molar-refractivity contribution in [2.45, 2.75) is 50.4 Å². The van der Waals surface area contributed by atoms with E-state index in [1.165, 1.54) is 0 Å². The Hall–Kier alpha value is -0.540. The maximum atomic E-state index is 12.4. The molecular formula is C11H16F6O3. The van der Waals surface area contributed by atoms with Gasteiger partial charge < -0.3 is 14.2 Å². The smallest absolute Gasteiger partial charge is 0.381 e. The van der Waals surface area contributed by atoms with Gasteiger partial charge in [-0.15, -0.1) is 0 Å². The minimum atomic E-state index is -5.51. The molecule has 1 heterocycles. The van der Waals surface area contributed by atoms with Gasteiger partial charge in [-0.3, -0.25) is 0 Å². The van der Waals surface area contributed by atoms with E-state index in [1.54, 1.807) is 0 Å². The lowest BCUT2D eigenvalue weighted by Gasteiger charge is -2.28. The van der Waals surface area contributed by atoms with Crippen LogP contribution in [0.5, 0.6) is 0 Å². The Morgan fingerprint density at radius 2 is 1.45 bits per heavy atom. The van der Waals surface area contributed by atoms with Crippen molar-refractivity contribution in [3.8, 4) is 0 Å². The summed E-state index contributed by atoms with van der Waals surface area (Å²) in [6.45, 7) is 0.774. The topological polar surface area (TPSA) is 27.7 Å². The van der Waals surface area contributed by atoms with Crippen molar-refractivity contribution in [3.05, 3.63) is 0 Å². The lowest BCUT2D eigenvalue weighted by atomic mass is 10.2. The summed E-state index contributed by atoms with van der Waals surface area (Å²) in [5.41, 5.74) is 0. The molecule has 0 N–H and O–H groups in total. The van der Waals surface area contributed by atoms with E-state index in [0.717, 1.165) is 0 Å². The van der Waals surface area contributed by atoms with Crippen molar-refractivity contribution in [1.82, 2.24) is 0 Å². The first kappa shape index (κ1) is 17.5. The van der Waals surface area contributed by atoms with Gasteiger partial charge in [-0.1, -0.05) is 0 Å². The minimum absolute atomic E-state index is 0.00684. The van der Waals surface area contributed by atoms with Gasteiger partial charge in [0.1, 0.15) is 0 Å². The zero-order valence-corrected chi connectivity index (χ0v) is 10.6. The van der Waals surface area contributed by atoms with E-state index in [1.807, 2.05) is 0 Å². The monoisotopic (exact) mass is 310 g/mol. The Balaban J connectivity index is 2.64. The molecule has 0 spiro atoms. The van der Waals surface area contributed by atoms with Crippen LogP contribution in [-0.4, -0.2) is 44.6 Å². The molecule has 0 aromatic rings. The van der Waals surface area contributed by atoms with Crippen molar-refractivity contribution in [2.75, 3.05) is 19.8 Å². The Labute approximate surface area is 112 Å². The summed E-state index contributed by atoms with van der Waals surface area (Å²) in [5, 5.41) is 0. The quantitative estimate of drug-likeness (QED) is 0.731. The predicted octanol–water partition coefficient (Wildman–Crippen LogP) is 3.43. The van der Waals surface area contributed by atoms with Gasteiger partial charge in [-0.25, -0.2) is 0 Å². The lowest BCUT2D eigenvalue weighted by Crippen LogP contribution is -2.47. The number of hydrogen-bond acceptors (Lipinski definition) is 3. The van der Waals surface area contributed by atoms with Crippen LogP contribution >= 0.6 is 0 Å². The summed E-state index contributed by atoms with van der Waals surface area (Å²) in [5.74, 6) is 0. The largest absolute Gasteiger partial charge is 0.423 e. The molecule has 120 valence electrons. The number of alkyl halides is 6. The van der Waals surface area contributed by atoms with E-state index in [0.29, 0.717) is 32.5 Å². The van der Waals surface area contributed by atoms with Crippen LogP contribution in [0.15, 0.2) is 0 Å². The summed E-state index contributed by atoms with van der Waals surface area (Å²) in [6.07, 6.45) is -15.1. The van der Waals surface area contributed by atoms with Gasteiger partial charge in [-0.2, -0.15) is 26.3 Å². The molecule has 3 nitrogen and oxygen atoms in total. The fourth-order valence-corrected chi connectivity index (χ4v) is 1.68. The zero-order valence-electron chi connectivity index (χ0n) is 10.6. The van der Waals surface area contributed by atoms with E-state index in [-0.39, 0.29) is 13.0 Å². The molecule has 1 fully saturated rings. The molecule has 0 aromatic heterocycles. The summed E-state index contributed by atoms with van der Waals surface area (Å²) >= 11 is 0. The Morgan fingerprint density at radius 3 is 2.05 bits per heavy atom. The molecule has 1 atom stereocenters. The average Bonchev–Trinajstić information content (AvgIpc) is 2.30. The maximum absolute atomic E-state index is 12.4.